The fraction of sp³-hybridized carbons (Fsp3) is 0.435. The molecule has 1 atom stereocenters. The van der Waals surface area contributed by atoms with Crippen LogP contribution in [0.1, 0.15) is 29.5 Å². The van der Waals surface area contributed by atoms with Gasteiger partial charge >= 0.3 is 0 Å². The highest BCUT2D eigenvalue weighted by Crippen LogP contribution is 2.26. The van der Waals surface area contributed by atoms with Gasteiger partial charge in [0.2, 0.25) is 15.9 Å². The molecule has 1 fully saturated rings. The van der Waals surface area contributed by atoms with Gasteiger partial charge in [-0.15, -0.1) is 0 Å². The third kappa shape index (κ3) is 6.61. The van der Waals surface area contributed by atoms with Crippen molar-refractivity contribution in [3.63, 3.8) is 0 Å². The van der Waals surface area contributed by atoms with Crippen LogP contribution in [-0.4, -0.2) is 44.9 Å². The number of halogens is 2. The number of aryl methyl sites for hydroxylation is 2. The predicted octanol–water partition coefficient (Wildman–Crippen LogP) is 4.35. The lowest BCUT2D eigenvalue weighted by Gasteiger charge is -2.31. The number of sulfonamides is 1. The van der Waals surface area contributed by atoms with Crippen molar-refractivity contribution in [2.75, 3.05) is 26.2 Å². The Bertz CT molecular complexity index is 1080. The van der Waals surface area contributed by atoms with Crippen molar-refractivity contribution in [2.24, 2.45) is 5.92 Å². The zero-order valence-corrected chi connectivity index (χ0v) is 20.6. The number of hydrogen-bond donors (Lipinski definition) is 1. The molecule has 174 valence electrons. The molecule has 0 spiro atoms. The van der Waals surface area contributed by atoms with Crippen LogP contribution < -0.4 is 10.1 Å². The SMILES string of the molecule is Cc1ccc(C)c(OCCNC(=O)C2CCCN(S(=O)(=O)Cc3ccc(Cl)cc3Cl)C2)c1. The summed E-state index contributed by atoms with van der Waals surface area (Å²) in [5.74, 6) is 0.0371. The predicted molar refractivity (Wildman–Crippen MR) is 128 cm³/mol. The molecule has 0 aliphatic carbocycles. The fourth-order valence-corrected chi connectivity index (χ4v) is 5.87. The molecule has 2 aromatic rings. The number of carbonyl (C=O) groups is 1. The van der Waals surface area contributed by atoms with E-state index in [1.807, 2.05) is 32.0 Å². The van der Waals surface area contributed by atoms with E-state index in [9.17, 15) is 13.2 Å². The maximum atomic E-state index is 12.9. The summed E-state index contributed by atoms with van der Waals surface area (Å²) >= 11 is 12.0. The average molecular weight is 499 g/mol. The molecule has 1 amide bonds. The Balaban J connectivity index is 1.52. The second-order valence-corrected chi connectivity index (χ2v) is 10.9. The van der Waals surface area contributed by atoms with Gasteiger partial charge in [-0.3, -0.25) is 4.79 Å². The van der Waals surface area contributed by atoms with E-state index in [0.717, 1.165) is 16.9 Å². The molecule has 0 radical (unpaired) electrons. The topological polar surface area (TPSA) is 75.7 Å². The highest BCUT2D eigenvalue weighted by atomic mass is 35.5. The van der Waals surface area contributed by atoms with E-state index in [2.05, 4.69) is 5.32 Å². The lowest BCUT2D eigenvalue weighted by atomic mass is 9.99. The van der Waals surface area contributed by atoms with E-state index in [1.165, 1.54) is 10.4 Å². The summed E-state index contributed by atoms with van der Waals surface area (Å²) in [5, 5.41) is 3.64. The zero-order valence-electron chi connectivity index (χ0n) is 18.2. The van der Waals surface area contributed by atoms with Crippen molar-refractivity contribution < 1.29 is 17.9 Å². The van der Waals surface area contributed by atoms with Crippen LogP contribution in [0.25, 0.3) is 0 Å². The Kier molecular flexibility index (Phi) is 8.44. The van der Waals surface area contributed by atoms with Crippen molar-refractivity contribution in [2.45, 2.75) is 32.4 Å². The maximum Gasteiger partial charge on any atom is 0.224 e. The van der Waals surface area contributed by atoms with Crippen LogP contribution in [0.5, 0.6) is 5.75 Å². The maximum absolute atomic E-state index is 12.9. The van der Waals surface area contributed by atoms with Gasteiger partial charge in [-0.25, -0.2) is 12.7 Å². The highest BCUT2D eigenvalue weighted by Gasteiger charge is 2.32. The minimum Gasteiger partial charge on any atom is -0.491 e. The molecule has 0 bridgehead atoms. The van der Waals surface area contributed by atoms with Gasteiger partial charge in [0, 0.05) is 23.1 Å². The number of nitrogens with one attached hydrogen (secondary N) is 1. The number of rotatable bonds is 8. The summed E-state index contributed by atoms with van der Waals surface area (Å²) in [7, 11) is -3.61. The molecule has 1 N–H and O–H groups in total. The summed E-state index contributed by atoms with van der Waals surface area (Å²) in [6.45, 7) is 5.24. The van der Waals surface area contributed by atoms with Crippen LogP contribution in [0.15, 0.2) is 36.4 Å². The summed E-state index contributed by atoms with van der Waals surface area (Å²) in [6, 6.07) is 10.7. The molecule has 1 aliphatic heterocycles. The summed E-state index contributed by atoms with van der Waals surface area (Å²) in [4.78, 5) is 12.6. The summed E-state index contributed by atoms with van der Waals surface area (Å²) < 4.78 is 33.0. The first-order chi connectivity index (χ1) is 15.2. The number of benzene rings is 2. The minimum absolute atomic E-state index is 0.154. The molecular formula is C23H28Cl2N2O4S. The molecule has 1 aliphatic rings. The standard InChI is InChI=1S/C23H28Cl2N2O4S/c1-16-5-6-17(2)22(12-16)31-11-9-26-23(28)18-4-3-10-27(14-18)32(29,30)15-19-7-8-20(24)13-21(19)25/h5-8,12-13,18H,3-4,9-11,14-15H2,1-2H3,(H,26,28). The molecule has 32 heavy (non-hydrogen) atoms. The zero-order chi connectivity index (χ0) is 23.3. The number of piperidine rings is 1. The smallest absolute Gasteiger partial charge is 0.224 e. The first-order valence-electron chi connectivity index (χ1n) is 10.6. The first kappa shape index (κ1) is 24.8. The molecule has 9 heteroatoms. The summed E-state index contributed by atoms with van der Waals surface area (Å²) in [6.07, 6.45) is 1.28. The fourth-order valence-electron chi connectivity index (χ4n) is 3.68. The number of amides is 1. The van der Waals surface area contributed by atoms with Gasteiger partial charge < -0.3 is 10.1 Å². The normalized spacial score (nSPS) is 17.2. The van der Waals surface area contributed by atoms with Gasteiger partial charge in [-0.1, -0.05) is 41.4 Å². The molecule has 6 nitrogen and oxygen atoms in total. The average Bonchev–Trinajstić information content (AvgIpc) is 2.75. The van der Waals surface area contributed by atoms with E-state index >= 15 is 0 Å². The molecule has 1 saturated heterocycles. The molecule has 1 heterocycles. The molecule has 0 saturated carbocycles. The third-order valence-electron chi connectivity index (χ3n) is 5.50. The first-order valence-corrected chi connectivity index (χ1v) is 12.9. The van der Waals surface area contributed by atoms with Crippen molar-refractivity contribution in [1.29, 1.82) is 0 Å². The van der Waals surface area contributed by atoms with Crippen LogP contribution in [0.2, 0.25) is 10.0 Å². The van der Waals surface area contributed by atoms with E-state index in [-0.39, 0.29) is 24.1 Å². The third-order valence-corrected chi connectivity index (χ3v) is 7.89. The van der Waals surface area contributed by atoms with Gasteiger partial charge in [0.25, 0.3) is 0 Å². The number of nitrogens with zero attached hydrogens (tertiary/aromatic N) is 1. The van der Waals surface area contributed by atoms with Crippen LogP contribution in [0.3, 0.4) is 0 Å². The van der Waals surface area contributed by atoms with E-state index in [1.54, 1.807) is 12.1 Å². The van der Waals surface area contributed by atoms with Crippen molar-refractivity contribution >= 4 is 39.1 Å². The monoisotopic (exact) mass is 498 g/mol. The van der Waals surface area contributed by atoms with Gasteiger partial charge in [0.05, 0.1) is 18.2 Å². The lowest BCUT2D eigenvalue weighted by Crippen LogP contribution is -2.46. The second kappa shape index (κ2) is 10.9. The van der Waals surface area contributed by atoms with Crippen molar-refractivity contribution in [3.8, 4) is 5.75 Å². The largest absolute Gasteiger partial charge is 0.491 e. The Morgan fingerprint density at radius 3 is 2.72 bits per heavy atom. The van der Waals surface area contributed by atoms with Crippen LogP contribution in [0.4, 0.5) is 0 Å². The van der Waals surface area contributed by atoms with E-state index < -0.39 is 10.0 Å². The van der Waals surface area contributed by atoms with E-state index in [0.29, 0.717) is 48.1 Å². The van der Waals surface area contributed by atoms with Crippen LogP contribution >= 0.6 is 23.2 Å². The van der Waals surface area contributed by atoms with Gasteiger partial charge in [-0.05, 0) is 61.6 Å². The highest BCUT2D eigenvalue weighted by molar-refractivity contribution is 7.88. The lowest BCUT2D eigenvalue weighted by molar-refractivity contribution is -0.126. The molecule has 1 unspecified atom stereocenters. The van der Waals surface area contributed by atoms with Gasteiger partial charge in [0.1, 0.15) is 12.4 Å². The Morgan fingerprint density at radius 2 is 1.97 bits per heavy atom. The molecule has 3 rings (SSSR count). The second-order valence-electron chi connectivity index (χ2n) is 8.10. The van der Waals surface area contributed by atoms with Crippen molar-refractivity contribution in [3.05, 3.63) is 63.1 Å². The summed E-state index contributed by atoms with van der Waals surface area (Å²) in [5.41, 5.74) is 2.64. The minimum atomic E-state index is -3.61. The number of hydrogen-bond acceptors (Lipinski definition) is 4. The van der Waals surface area contributed by atoms with Crippen LogP contribution in [0, 0.1) is 19.8 Å². The Hall–Kier alpha value is -1.80. The molecule has 2 aromatic carbocycles. The Labute approximate surface area is 199 Å². The number of carbonyl (C=O) groups excluding carboxylic acids is 1. The van der Waals surface area contributed by atoms with Crippen LogP contribution in [-0.2, 0) is 20.6 Å². The van der Waals surface area contributed by atoms with Gasteiger partial charge in [0.15, 0.2) is 0 Å². The Morgan fingerprint density at radius 1 is 1.19 bits per heavy atom. The molecule has 0 aromatic heterocycles. The van der Waals surface area contributed by atoms with Gasteiger partial charge in [-0.2, -0.15) is 0 Å². The number of ether oxygens (including phenoxy) is 1. The quantitative estimate of drug-likeness (QED) is 0.549. The van der Waals surface area contributed by atoms with Crippen molar-refractivity contribution in [1.82, 2.24) is 9.62 Å². The molecular weight excluding hydrogens is 471 g/mol. The van der Waals surface area contributed by atoms with E-state index in [4.69, 9.17) is 27.9 Å².